The van der Waals surface area contributed by atoms with E-state index in [0.29, 0.717) is 45.5 Å². The molecule has 0 radical (unpaired) electrons. The highest BCUT2D eigenvalue weighted by Crippen LogP contribution is 2.35. The Balaban J connectivity index is 1.50. The molecule has 1 aliphatic rings. The summed E-state index contributed by atoms with van der Waals surface area (Å²) in [6.07, 6.45) is 0. The molecule has 8 heteroatoms. The van der Waals surface area contributed by atoms with Crippen molar-refractivity contribution in [1.29, 1.82) is 0 Å². The predicted molar refractivity (Wildman–Crippen MR) is 133 cm³/mol. The molecule has 0 fully saturated rings. The number of hydrogen-bond acceptors (Lipinski definition) is 7. The van der Waals surface area contributed by atoms with Gasteiger partial charge in [-0.05, 0) is 49.4 Å². The van der Waals surface area contributed by atoms with Crippen molar-refractivity contribution in [2.45, 2.75) is 6.92 Å². The summed E-state index contributed by atoms with van der Waals surface area (Å²) in [5, 5.41) is 5.04. The normalized spacial score (nSPS) is 12.5. The van der Waals surface area contributed by atoms with Crippen molar-refractivity contribution < 1.29 is 23.7 Å². The summed E-state index contributed by atoms with van der Waals surface area (Å²) in [6, 6.07) is 20.2. The molecule has 0 atom stereocenters. The van der Waals surface area contributed by atoms with E-state index in [-0.39, 0.29) is 12.7 Å². The molecule has 1 N–H and O–H groups in total. The molecular weight excluding hydrogens is 446 g/mol. The molecule has 0 unspecified atom stereocenters. The number of carbonyl (C=O) groups excluding carboxylic acids is 1. The molecule has 0 spiro atoms. The number of hydrogen-bond donors (Lipinski definition) is 1. The third-order valence-corrected chi connectivity index (χ3v) is 5.76. The van der Waals surface area contributed by atoms with Crippen LogP contribution < -0.4 is 24.4 Å². The summed E-state index contributed by atoms with van der Waals surface area (Å²) in [6.45, 7) is 2.01. The van der Waals surface area contributed by atoms with E-state index in [0.717, 1.165) is 16.5 Å². The lowest BCUT2D eigenvalue weighted by Gasteiger charge is -2.13. The number of pyridine rings is 1. The van der Waals surface area contributed by atoms with E-state index < -0.39 is 0 Å². The van der Waals surface area contributed by atoms with Gasteiger partial charge in [-0.2, -0.15) is 5.10 Å². The Kier molecular flexibility index (Phi) is 5.93. The van der Waals surface area contributed by atoms with Gasteiger partial charge in [0.2, 0.25) is 6.79 Å². The van der Waals surface area contributed by atoms with Crippen molar-refractivity contribution in [1.82, 2.24) is 10.4 Å². The van der Waals surface area contributed by atoms with E-state index in [2.05, 4.69) is 10.5 Å². The number of carbonyl (C=O) groups is 1. The monoisotopic (exact) mass is 469 g/mol. The van der Waals surface area contributed by atoms with Crippen molar-refractivity contribution in [3.63, 3.8) is 0 Å². The van der Waals surface area contributed by atoms with E-state index >= 15 is 0 Å². The largest absolute Gasteiger partial charge is 0.497 e. The van der Waals surface area contributed by atoms with Crippen molar-refractivity contribution in [3.8, 4) is 34.3 Å². The van der Waals surface area contributed by atoms with E-state index in [1.807, 2.05) is 61.5 Å². The van der Waals surface area contributed by atoms with Crippen molar-refractivity contribution in [3.05, 3.63) is 77.9 Å². The second kappa shape index (κ2) is 9.34. The molecule has 0 saturated carbocycles. The lowest BCUT2D eigenvalue weighted by atomic mass is 10.0. The molecule has 2 heterocycles. The quantitative estimate of drug-likeness (QED) is 0.322. The Morgan fingerprint density at radius 1 is 0.971 bits per heavy atom. The van der Waals surface area contributed by atoms with Crippen LogP contribution in [-0.2, 0) is 0 Å². The van der Waals surface area contributed by atoms with Crippen molar-refractivity contribution in [2.24, 2.45) is 5.10 Å². The molecule has 3 aromatic carbocycles. The van der Waals surface area contributed by atoms with Crippen LogP contribution in [0.1, 0.15) is 22.8 Å². The number of nitrogens with one attached hydrogen (secondary N) is 1. The molecule has 0 saturated heterocycles. The fraction of sp³-hybridized carbons (Fsp3) is 0.148. The van der Waals surface area contributed by atoms with E-state index in [4.69, 9.17) is 23.9 Å². The highest BCUT2D eigenvalue weighted by Gasteiger charge is 2.17. The van der Waals surface area contributed by atoms with Gasteiger partial charge in [-0.3, -0.25) is 4.79 Å². The Labute approximate surface area is 202 Å². The molecular formula is C27H23N3O5. The Morgan fingerprint density at radius 2 is 1.80 bits per heavy atom. The number of amides is 1. The van der Waals surface area contributed by atoms with Gasteiger partial charge in [0.05, 0.1) is 36.7 Å². The second-order valence-electron chi connectivity index (χ2n) is 7.84. The number of aromatic nitrogens is 1. The minimum Gasteiger partial charge on any atom is -0.497 e. The minimum atomic E-state index is -0.350. The first kappa shape index (κ1) is 22.2. The Morgan fingerprint density at radius 3 is 2.63 bits per heavy atom. The maximum atomic E-state index is 13.3. The molecule has 1 amide bonds. The Bertz CT molecular complexity index is 1460. The lowest BCUT2D eigenvalue weighted by molar-refractivity contribution is 0.0956. The van der Waals surface area contributed by atoms with Crippen LogP contribution in [0.25, 0.3) is 22.2 Å². The average molecular weight is 469 g/mol. The molecule has 4 aromatic rings. The molecule has 0 bridgehead atoms. The van der Waals surface area contributed by atoms with Gasteiger partial charge in [-0.25, -0.2) is 10.4 Å². The number of hydrazone groups is 1. The van der Waals surface area contributed by atoms with Crippen LogP contribution in [-0.4, -0.2) is 37.6 Å². The zero-order chi connectivity index (χ0) is 24.4. The fourth-order valence-corrected chi connectivity index (χ4v) is 3.89. The fourth-order valence-electron chi connectivity index (χ4n) is 3.89. The van der Waals surface area contributed by atoms with Gasteiger partial charge in [0.15, 0.2) is 11.5 Å². The summed E-state index contributed by atoms with van der Waals surface area (Å²) in [5.74, 6) is 2.25. The molecule has 1 aliphatic heterocycles. The first-order valence-corrected chi connectivity index (χ1v) is 10.9. The zero-order valence-electron chi connectivity index (χ0n) is 19.5. The van der Waals surface area contributed by atoms with Crippen LogP contribution in [0.4, 0.5) is 0 Å². The number of ether oxygens (including phenoxy) is 4. The highest BCUT2D eigenvalue weighted by atomic mass is 16.7. The SMILES string of the molecule is COc1ccc(-c2cc(C(=O)NN=C(C)c3ccc4c(c3)OCO4)c3ccccc3n2)c(OC)c1. The van der Waals surface area contributed by atoms with Crippen molar-refractivity contribution >= 4 is 22.5 Å². The number of rotatable bonds is 6. The summed E-state index contributed by atoms with van der Waals surface area (Å²) in [4.78, 5) is 18.0. The van der Waals surface area contributed by atoms with Gasteiger partial charge in [0.25, 0.3) is 5.91 Å². The summed E-state index contributed by atoms with van der Waals surface area (Å²) < 4.78 is 21.6. The maximum Gasteiger partial charge on any atom is 0.272 e. The van der Waals surface area contributed by atoms with Crippen LogP contribution in [0.15, 0.2) is 71.8 Å². The van der Waals surface area contributed by atoms with Crippen LogP contribution in [0.5, 0.6) is 23.0 Å². The number of methoxy groups -OCH3 is 2. The van der Waals surface area contributed by atoms with Crippen LogP contribution in [0, 0.1) is 0 Å². The lowest BCUT2D eigenvalue weighted by Crippen LogP contribution is -2.20. The van der Waals surface area contributed by atoms with E-state index in [1.165, 1.54) is 0 Å². The topological polar surface area (TPSA) is 91.3 Å². The average Bonchev–Trinajstić information content (AvgIpc) is 3.38. The van der Waals surface area contributed by atoms with Gasteiger partial charge < -0.3 is 18.9 Å². The zero-order valence-corrected chi connectivity index (χ0v) is 19.5. The van der Waals surface area contributed by atoms with Gasteiger partial charge in [0, 0.05) is 22.6 Å². The third kappa shape index (κ3) is 4.33. The van der Waals surface area contributed by atoms with E-state index in [1.54, 1.807) is 26.4 Å². The molecule has 0 aliphatic carbocycles. The number of benzene rings is 3. The summed E-state index contributed by atoms with van der Waals surface area (Å²) in [7, 11) is 3.18. The summed E-state index contributed by atoms with van der Waals surface area (Å²) >= 11 is 0. The molecule has 35 heavy (non-hydrogen) atoms. The maximum absolute atomic E-state index is 13.3. The van der Waals surface area contributed by atoms with Gasteiger partial charge in [-0.1, -0.05) is 18.2 Å². The second-order valence-corrected chi connectivity index (χ2v) is 7.84. The van der Waals surface area contributed by atoms with Crippen molar-refractivity contribution in [2.75, 3.05) is 21.0 Å². The first-order valence-electron chi connectivity index (χ1n) is 10.9. The standard InChI is InChI=1S/C27H23N3O5/c1-16(17-8-11-24-26(12-17)35-15-34-24)29-30-27(31)21-14-23(28-22-7-5-4-6-19(21)22)20-10-9-18(32-2)13-25(20)33-3/h4-14H,15H2,1-3H3,(H,30,31). The van der Waals surface area contributed by atoms with Gasteiger partial charge in [-0.15, -0.1) is 0 Å². The smallest absolute Gasteiger partial charge is 0.272 e. The van der Waals surface area contributed by atoms with Crippen LogP contribution >= 0.6 is 0 Å². The van der Waals surface area contributed by atoms with Crippen LogP contribution in [0.2, 0.25) is 0 Å². The minimum absolute atomic E-state index is 0.197. The Hall–Kier alpha value is -4.59. The third-order valence-electron chi connectivity index (χ3n) is 5.76. The first-order chi connectivity index (χ1) is 17.1. The molecule has 1 aromatic heterocycles. The molecule has 176 valence electrons. The number of nitrogens with zero attached hydrogens (tertiary/aromatic N) is 2. The number of para-hydroxylation sites is 1. The van der Waals surface area contributed by atoms with Crippen LogP contribution in [0.3, 0.4) is 0 Å². The summed E-state index contributed by atoms with van der Waals surface area (Å²) in [5.41, 5.74) is 6.61. The van der Waals surface area contributed by atoms with E-state index in [9.17, 15) is 4.79 Å². The van der Waals surface area contributed by atoms with Gasteiger partial charge >= 0.3 is 0 Å². The number of fused-ring (bicyclic) bond motifs is 2. The van der Waals surface area contributed by atoms with Gasteiger partial charge in [0.1, 0.15) is 11.5 Å². The highest BCUT2D eigenvalue weighted by molar-refractivity contribution is 6.08. The predicted octanol–water partition coefficient (Wildman–Crippen LogP) is 4.80. The molecule has 5 rings (SSSR count). The molecule has 8 nitrogen and oxygen atoms in total.